The van der Waals surface area contributed by atoms with Crippen LogP contribution in [0.15, 0.2) is 36.4 Å². The minimum atomic E-state index is -0.337. The van der Waals surface area contributed by atoms with Crippen LogP contribution in [0.3, 0.4) is 0 Å². The lowest BCUT2D eigenvalue weighted by Gasteiger charge is -2.03. The van der Waals surface area contributed by atoms with Gasteiger partial charge in [-0.15, -0.1) is 0 Å². The van der Waals surface area contributed by atoms with Crippen molar-refractivity contribution in [1.82, 2.24) is 0 Å². The first kappa shape index (κ1) is 14.6. The van der Waals surface area contributed by atoms with E-state index in [4.69, 9.17) is 9.47 Å². The van der Waals surface area contributed by atoms with Gasteiger partial charge in [-0.2, -0.15) is 0 Å². The molecule has 1 aliphatic heterocycles. The zero-order chi connectivity index (χ0) is 14.4. The molecule has 1 saturated heterocycles. The van der Waals surface area contributed by atoms with Crippen LogP contribution in [0.25, 0.3) is 0 Å². The molecule has 108 valence electrons. The van der Waals surface area contributed by atoms with Crippen molar-refractivity contribution in [2.45, 2.75) is 31.5 Å². The van der Waals surface area contributed by atoms with Crippen LogP contribution in [0.4, 0.5) is 0 Å². The summed E-state index contributed by atoms with van der Waals surface area (Å²) in [6.07, 6.45) is 6.55. The van der Waals surface area contributed by atoms with Gasteiger partial charge in [-0.3, -0.25) is 0 Å². The molecule has 0 spiro atoms. The van der Waals surface area contributed by atoms with Crippen molar-refractivity contribution >= 4 is 5.97 Å². The maximum absolute atomic E-state index is 10.9. The maximum atomic E-state index is 10.9. The topological polar surface area (TPSA) is 48.1 Å². The van der Waals surface area contributed by atoms with Crippen molar-refractivity contribution in [2.24, 2.45) is 0 Å². The third-order valence-electron chi connectivity index (χ3n) is 3.33. The van der Waals surface area contributed by atoms with Gasteiger partial charge >= 0.3 is 5.97 Å². The first-order valence-corrected chi connectivity index (χ1v) is 6.77. The quantitative estimate of drug-likeness (QED) is 0.436. The highest BCUT2D eigenvalue weighted by atomic mass is 16.6. The molecule has 1 fully saturated rings. The van der Waals surface area contributed by atoms with Gasteiger partial charge in [0.2, 0.25) is 0 Å². The number of ether oxygens (including phenoxy) is 3. The fourth-order valence-corrected chi connectivity index (χ4v) is 2.13. The number of hydrogen-bond donors (Lipinski definition) is 0. The van der Waals surface area contributed by atoms with Gasteiger partial charge in [-0.1, -0.05) is 12.1 Å². The van der Waals surface area contributed by atoms with Crippen molar-refractivity contribution < 1.29 is 19.0 Å². The zero-order valence-electron chi connectivity index (χ0n) is 11.9. The highest BCUT2D eigenvalue weighted by molar-refractivity contribution is 5.81. The van der Waals surface area contributed by atoms with E-state index in [1.54, 1.807) is 13.2 Å². The van der Waals surface area contributed by atoms with Gasteiger partial charge < -0.3 is 14.2 Å². The van der Waals surface area contributed by atoms with Crippen LogP contribution in [0, 0.1) is 0 Å². The highest BCUT2D eigenvalue weighted by Crippen LogP contribution is 2.28. The van der Waals surface area contributed by atoms with Gasteiger partial charge in [-0.05, 0) is 43.0 Å². The Bertz CT molecular complexity index is 481. The van der Waals surface area contributed by atoms with Crippen molar-refractivity contribution in [2.75, 3.05) is 14.2 Å². The van der Waals surface area contributed by atoms with Crippen LogP contribution in [0.2, 0.25) is 0 Å². The number of benzene rings is 1. The second-order valence-electron chi connectivity index (χ2n) is 4.77. The Morgan fingerprint density at radius 2 is 2.25 bits per heavy atom. The third-order valence-corrected chi connectivity index (χ3v) is 3.33. The van der Waals surface area contributed by atoms with E-state index in [2.05, 4.69) is 16.9 Å². The molecule has 4 heteroatoms. The van der Waals surface area contributed by atoms with Gasteiger partial charge in [-0.25, -0.2) is 4.79 Å². The van der Waals surface area contributed by atoms with Gasteiger partial charge in [0.05, 0.1) is 20.3 Å². The van der Waals surface area contributed by atoms with Gasteiger partial charge in [0.1, 0.15) is 11.9 Å². The molecule has 0 amide bonds. The van der Waals surface area contributed by atoms with Crippen LogP contribution in [-0.4, -0.2) is 32.4 Å². The summed E-state index contributed by atoms with van der Waals surface area (Å²) in [6, 6.07) is 8.11. The molecule has 0 saturated carbocycles. The average Bonchev–Trinajstić information content (AvgIpc) is 3.23. The molecular formula is C16H20O4. The number of hydrogen-bond acceptors (Lipinski definition) is 4. The molecule has 0 unspecified atom stereocenters. The molecule has 0 bridgehead atoms. The molecule has 1 heterocycles. The van der Waals surface area contributed by atoms with Gasteiger partial charge in [0.15, 0.2) is 0 Å². The molecule has 20 heavy (non-hydrogen) atoms. The van der Waals surface area contributed by atoms with E-state index < -0.39 is 0 Å². The first-order chi connectivity index (χ1) is 9.72. The number of carbonyl (C=O) groups is 1. The Balaban J connectivity index is 1.67. The number of methoxy groups -OCH3 is 2. The van der Waals surface area contributed by atoms with Crippen molar-refractivity contribution in [3.63, 3.8) is 0 Å². The molecule has 1 aromatic carbocycles. The molecule has 2 rings (SSSR count). The van der Waals surface area contributed by atoms with Crippen molar-refractivity contribution in [3.8, 4) is 5.75 Å². The van der Waals surface area contributed by atoms with Gasteiger partial charge in [0, 0.05) is 6.08 Å². The van der Waals surface area contributed by atoms with E-state index in [0.29, 0.717) is 0 Å². The smallest absolute Gasteiger partial charge is 0.330 e. The second kappa shape index (κ2) is 7.10. The zero-order valence-corrected chi connectivity index (χ0v) is 11.9. The number of aryl methyl sites for hydroxylation is 1. The molecule has 2 atom stereocenters. The normalized spacial score (nSPS) is 20.9. The number of epoxide rings is 1. The molecule has 4 nitrogen and oxygen atoms in total. The highest BCUT2D eigenvalue weighted by Gasteiger charge is 2.35. The summed E-state index contributed by atoms with van der Waals surface area (Å²) in [5.74, 6) is 0.555. The fourth-order valence-electron chi connectivity index (χ4n) is 2.13. The average molecular weight is 276 g/mol. The largest absolute Gasteiger partial charge is 0.497 e. The van der Waals surface area contributed by atoms with Crippen LogP contribution in [0.1, 0.15) is 18.4 Å². The Morgan fingerprint density at radius 3 is 3.00 bits per heavy atom. The molecule has 1 aliphatic rings. The number of rotatable bonds is 7. The first-order valence-electron chi connectivity index (χ1n) is 6.77. The lowest BCUT2D eigenvalue weighted by molar-refractivity contribution is -0.134. The van der Waals surface area contributed by atoms with E-state index in [1.807, 2.05) is 12.1 Å². The van der Waals surface area contributed by atoms with Crippen molar-refractivity contribution in [1.29, 1.82) is 0 Å². The maximum Gasteiger partial charge on any atom is 0.330 e. The summed E-state index contributed by atoms with van der Waals surface area (Å²) in [7, 11) is 3.04. The van der Waals surface area contributed by atoms with Gasteiger partial charge in [0.25, 0.3) is 0 Å². The fraction of sp³-hybridized carbons (Fsp3) is 0.438. The number of esters is 1. The molecule has 0 N–H and O–H groups in total. The van der Waals surface area contributed by atoms with Crippen molar-refractivity contribution in [3.05, 3.63) is 42.0 Å². The molecular weight excluding hydrogens is 256 g/mol. The minimum Gasteiger partial charge on any atom is -0.497 e. The summed E-state index contributed by atoms with van der Waals surface area (Å²) in [5.41, 5.74) is 1.27. The van der Waals surface area contributed by atoms with E-state index in [1.165, 1.54) is 18.7 Å². The lowest BCUT2D eigenvalue weighted by atomic mass is 10.1. The Labute approximate surface area is 119 Å². The van der Waals surface area contributed by atoms with Crippen LogP contribution >= 0.6 is 0 Å². The molecule has 0 aromatic heterocycles. The summed E-state index contributed by atoms with van der Waals surface area (Å²) < 4.78 is 15.2. The third kappa shape index (κ3) is 4.38. The van der Waals surface area contributed by atoms with E-state index >= 15 is 0 Å². The van der Waals surface area contributed by atoms with E-state index in [9.17, 15) is 4.79 Å². The standard InChI is InChI=1S/C16H20O4/c1-18-13-7-3-5-12(11-13)6-4-8-14-15(20-14)9-10-16(17)19-2/h3,5,7,9-11,14-15H,4,6,8H2,1-2H3/b10-9+/t14-,15+/m0/s1. The van der Waals surface area contributed by atoms with Crippen LogP contribution < -0.4 is 4.74 Å². The summed E-state index contributed by atoms with van der Waals surface area (Å²) in [4.78, 5) is 10.9. The second-order valence-corrected chi connectivity index (χ2v) is 4.77. The van der Waals surface area contributed by atoms with Crippen LogP contribution in [-0.2, 0) is 20.7 Å². The predicted molar refractivity (Wildman–Crippen MR) is 75.7 cm³/mol. The summed E-state index contributed by atoms with van der Waals surface area (Å²) in [5, 5.41) is 0. The Morgan fingerprint density at radius 1 is 1.40 bits per heavy atom. The summed E-state index contributed by atoms with van der Waals surface area (Å²) in [6.45, 7) is 0. The molecule has 0 radical (unpaired) electrons. The lowest BCUT2D eigenvalue weighted by Crippen LogP contribution is -1.97. The Hall–Kier alpha value is -1.81. The SMILES string of the molecule is COC(=O)/C=C/[C@H]1O[C@H]1CCCc1cccc(OC)c1. The summed E-state index contributed by atoms with van der Waals surface area (Å²) >= 11 is 0. The minimum absolute atomic E-state index is 0.0689. The van der Waals surface area contributed by atoms with E-state index in [0.717, 1.165) is 25.0 Å². The Kier molecular flexibility index (Phi) is 5.18. The monoisotopic (exact) mass is 276 g/mol. The van der Waals surface area contributed by atoms with E-state index in [-0.39, 0.29) is 18.2 Å². The predicted octanol–water partition coefficient (Wildman–Crippen LogP) is 2.51. The van der Waals surface area contributed by atoms with Crippen LogP contribution in [0.5, 0.6) is 5.75 Å². The molecule has 0 aliphatic carbocycles. The molecule has 1 aromatic rings. The number of carbonyl (C=O) groups excluding carboxylic acids is 1.